The number of ether oxygens (including phenoxy) is 2. The average molecular weight is 401 g/mol. The van der Waals surface area contributed by atoms with Crippen LogP contribution in [0.4, 0.5) is 0 Å². The van der Waals surface area contributed by atoms with Gasteiger partial charge in [-0.05, 0) is 70.6 Å². The fourth-order valence-corrected chi connectivity index (χ4v) is 4.81. The first-order valence-electron chi connectivity index (χ1n) is 11.2. The Morgan fingerprint density at radius 1 is 1.28 bits per heavy atom. The molecule has 0 saturated heterocycles. The normalized spacial score (nSPS) is 22.1. The number of fused-ring (bicyclic) bond motifs is 3. The third-order valence-corrected chi connectivity index (χ3v) is 6.37. The summed E-state index contributed by atoms with van der Waals surface area (Å²) in [5.74, 6) is 1.77. The Kier molecular flexibility index (Phi) is 6.92. The van der Waals surface area contributed by atoms with Crippen molar-refractivity contribution in [2.75, 3.05) is 6.61 Å². The number of rotatable bonds is 9. The van der Waals surface area contributed by atoms with Crippen LogP contribution >= 0.6 is 0 Å². The zero-order chi connectivity index (χ0) is 21.0. The van der Waals surface area contributed by atoms with Gasteiger partial charge < -0.3 is 14.6 Å². The van der Waals surface area contributed by atoms with E-state index < -0.39 is 5.97 Å². The molecule has 0 amide bonds. The van der Waals surface area contributed by atoms with Gasteiger partial charge in [-0.2, -0.15) is 0 Å². The van der Waals surface area contributed by atoms with Gasteiger partial charge >= 0.3 is 5.97 Å². The predicted octanol–water partition coefficient (Wildman–Crippen LogP) is 6.27. The van der Waals surface area contributed by atoms with Crippen LogP contribution in [0.15, 0.2) is 23.8 Å². The van der Waals surface area contributed by atoms with Crippen molar-refractivity contribution in [1.29, 1.82) is 0 Å². The molecule has 0 saturated carbocycles. The molecule has 160 valence electrons. The number of aryl methyl sites for hydroxylation is 1. The highest BCUT2D eigenvalue weighted by Crippen LogP contribution is 2.53. The highest BCUT2D eigenvalue weighted by Gasteiger charge is 2.45. The van der Waals surface area contributed by atoms with E-state index in [4.69, 9.17) is 14.6 Å². The summed E-state index contributed by atoms with van der Waals surface area (Å²) in [6.07, 6.45) is 9.86. The first-order valence-corrected chi connectivity index (χ1v) is 11.2. The van der Waals surface area contributed by atoms with Crippen LogP contribution in [-0.4, -0.2) is 23.3 Å². The van der Waals surface area contributed by atoms with E-state index in [1.54, 1.807) is 0 Å². The fraction of sp³-hybridized carbons (Fsp3) is 0.640. The molecule has 0 bridgehead atoms. The molecule has 29 heavy (non-hydrogen) atoms. The Balaban J connectivity index is 1.95. The van der Waals surface area contributed by atoms with Gasteiger partial charge in [-0.15, -0.1) is 0 Å². The summed E-state index contributed by atoms with van der Waals surface area (Å²) in [6, 6.07) is 4.39. The number of carbonyl (C=O) groups is 1. The summed E-state index contributed by atoms with van der Waals surface area (Å²) in [4.78, 5) is 10.9. The van der Waals surface area contributed by atoms with Gasteiger partial charge in [-0.3, -0.25) is 4.79 Å². The van der Waals surface area contributed by atoms with Crippen LogP contribution in [0, 0.1) is 5.92 Å². The van der Waals surface area contributed by atoms with Crippen LogP contribution in [0.1, 0.15) is 89.7 Å². The molecule has 1 N–H and O–H groups in total. The molecule has 1 aromatic rings. The van der Waals surface area contributed by atoms with Gasteiger partial charge in [0.1, 0.15) is 17.1 Å². The van der Waals surface area contributed by atoms with Gasteiger partial charge in [0, 0.05) is 23.8 Å². The maximum Gasteiger partial charge on any atom is 0.303 e. The molecule has 4 nitrogen and oxygen atoms in total. The smallest absolute Gasteiger partial charge is 0.303 e. The number of hydrogen-bond donors (Lipinski definition) is 1. The van der Waals surface area contributed by atoms with Crippen molar-refractivity contribution in [3.8, 4) is 11.5 Å². The third-order valence-electron chi connectivity index (χ3n) is 6.37. The first-order chi connectivity index (χ1) is 13.8. The van der Waals surface area contributed by atoms with Crippen LogP contribution in [0.25, 0.3) is 0 Å². The molecule has 0 aromatic heterocycles. The number of allylic oxidation sites excluding steroid dienone is 2. The second kappa shape index (κ2) is 9.23. The Morgan fingerprint density at radius 2 is 2.07 bits per heavy atom. The van der Waals surface area contributed by atoms with Gasteiger partial charge in [0.25, 0.3) is 0 Å². The SMILES string of the molecule is CCCCCc1cc(OCCCC(=O)O)c2c(c1)OC(C)(C)C1CCC(C)=CC21. The Bertz CT molecular complexity index is 762. The van der Waals surface area contributed by atoms with Crippen LogP contribution in [0.2, 0.25) is 0 Å². The Hall–Kier alpha value is -1.97. The van der Waals surface area contributed by atoms with Crippen molar-refractivity contribution < 1.29 is 19.4 Å². The Labute approximate surface area is 175 Å². The van der Waals surface area contributed by atoms with Crippen molar-refractivity contribution in [3.05, 3.63) is 34.9 Å². The van der Waals surface area contributed by atoms with Crippen LogP contribution in [-0.2, 0) is 11.2 Å². The Morgan fingerprint density at radius 3 is 2.79 bits per heavy atom. The molecule has 3 rings (SSSR count). The number of carboxylic acid groups (broad SMARTS) is 1. The summed E-state index contributed by atoms with van der Waals surface area (Å²) in [5, 5.41) is 8.93. The third kappa shape index (κ3) is 5.15. The number of hydrogen-bond acceptors (Lipinski definition) is 3. The molecule has 0 radical (unpaired) electrons. The van der Waals surface area contributed by atoms with E-state index in [-0.39, 0.29) is 12.0 Å². The zero-order valence-corrected chi connectivity index (χ0v) is 18.4. The topological polar surface area (TPSA) is 55.8 Å². The van der Waals surface area contributed by atoms with Gasteiger partial charge in [0.15, 0.2) is 0 Å². The van der Waals surface area contributed by atoms with Crippen LogP contribution in [0.5, 0.6) is 11.5 Å². The van der Waals surface area contributed by atoms with Crippen LogP contribution in [0.3, 0.4) is 0 Å². The lowest BCUT2D eigenvalue weighted by Gasteiger charge is -2.46. The molecular formula is C25H36O4. The molecule has 1 heterocycles. The maximum atomic E-state index is 10.9. The minimum atomic E-state index is -0.778. The van der Waals surface area contributed by atoms with Gasteiger partial charge in [-0.1, -0.05) is 31.4 Å². The van der Waals surface area contributed by atoms with Gasteiger partial charge in [-0.25, -0.2) is 0 Å². The fourth-order valence-electron chi connectivity index (χ4n) is 4.81. The minimum Gasteiger partial charge on any atom is -0.493 e. The lowest BCUT2D eigenvalue weighted by Crippen LogP contribution is -2.45. The zero-order valence-electron chi connectivity index (χ0n) is 18.4. The van der Waals surface area contributed by atoms with E-state index in [2.05, 4.69) is 45.9 Å². The van der Waals surface area contributed by atoms with Crippen molar-refractivity contribution in [3.63, 3.8) is 0 Å². The molecule has 0 spiro atoms. The monoisotopic (exact) mass is 400 g/mol. The standard InChI is InChI=1S/C25H36O4/c1-5-6-7-9-18-15-21(28-13-8-10-23(26)27)24-19-14-17(2)11-12-20(19)25(3,4)29-22(24)16-18/h14-16,19-20H,5-13H2,1-4H3,(H,26,27). The highest BCUT2D eigenvalue weighted by atomic mass is 16.5. The van der Waals surface area contributed by atoms with E-state index in [0.717, 1.165) is 42.7 Å². The molecule has 1 aliphatic heterocycles. The van der Waals surface area contributed by atoms with Crippen molar-refractivity contribution in [1.82, 2.24) is 0 Å². The lowest BCUT2D eigenvalue weighted by molar-refractivity contribution is -0.137. The molecule has 2 unspecified atom stereocenters. The van der Waals surface area contributed by atoms with Gasteiger partial charge in [0.2, 0.25) is 0 Å². The van der Waals surface area contributed by atoms with Gasteiger partial charge in [0.05, 0.1) is 6.61 Å². The van der Waals surface area contributed by atoms with E-state index >= 15 is 0 Å². The quantitative estimate of drug-likeness (QED) is 0.392. The second-order valence-corrected chi connectivity index (χ2v) is 9.20. The maximum absolute atomic E-state index is 10.9. The molecule has 2 atom stereocenters. The van der Waals surface area contributed by atoms with E-state index in [0.29, 0.717) is 24.9 Å². The van der Waals surface area contributed by atoms with Crippen molar-refractivity contribution in [2.45, 2.75) is 90.6 Å². The number of benzene rings is 1. The second-order valence-electron chi connectivity index (χ2n) is 9.20. The first kappa shape index (κ1) is 21.7. The largest absolute Gasteiger partial charge is 0.493 e. The summed E-state index contributed by atoms with van der Waals surface area (Å²) in [5.41, 5.74) is 3.62. The number of aliphatic carboxylic acids is 1. The lowest BCUT2D eigenvalue weighted by atomic mass is 9.68. The summed E-state index contributed by atoms with van der Waals surface area (Å²) in [7, 11) is 0. The van der Waals surface area contributed by atoms with E-state index in [1.165, 1.54) is 24.0 Å². The predicted molar refractivity (Wildman–Crippen MR) is 116 cm³/mol. The molecular weight excluding hydrogens is 364 g/mol. The summed E-state index contributed by atoms with van der Waals surface area (Å²) < 4.78 is 12.7. The van der Waals surface area contributed by atoms with E-state index in [1.807, 2.05) is 0 Å². The molecule has 1 aliphatic carbocycles. The van der Waals surface area contributed by atoms with Crippen molar-refractivity contribution in [2.24, 2.45) is 5.92 Å². The summed E-state index contributed by atoms with van der Waals surface area (Å²) >= 11 is 0. The number of unbranched alkanes of at least 4 members (excludes halogenated alkanes) is 2. The van der Waals surface area contributed by atoms with Crippen molar-refractivity contribution >= 4 is 5.97 Å². The molecule has 4 heteroatoms. The molecule has 2 aliphatic rings. The van der Waals surface area contributed by atoms with Crippen LogP contribution < -0.4 is 9.47 Å². The average Bonchev–Trinajstić information content (AvgIpc) is 2.64. The molecule has 0 fully saturated rings. The highest BCUT2D eigenvalue weighted by molar-refractivity contribution is 5.66. The number of carboxylic acids is 1. The van der Waals surface area contributed by atoms with E-state index in [9.17, 15) is 4.79 Å². The summed E-state index contributed by atoms with van der Waals surface area (Å²) in [6.45, 7) is 9.26. The molecule has 1 aromatic carbocycles. The minimum absolute atomic E-state index is 0.132.